The Bertz CT molecular complexity index is 842. The zero-order valence-electron chi connectivity index (χ0n) is 12.4. The summed E-state index contributed by atoms with van der Waals surface area (Å²) in [4.78, 5) is 0.192. The summed E-state index contributed by atoms with van der Waals surface area (Å²) in [5.74, 6) is 0.568. The number of sulfonamides is 1. The van der Waals surface area contributed by atoms with Gasteiger partial charge in [0.25, 0.3) is 17.7 Å². The van der Waals surface area contributed by atoms with E-state index < -0.39 is 23.7 Å². The fraction of sp³-hybridized carbons (Fsp3) is 0.200. The third kappa shape index (κ3) is 3.09. The number of halogens is 2. The predicted molar refractivity (Wildman–Crippen MR) is 93.5 cm³/mol. The van der Waals surface area contributed by atoms with Crippen LogP contribution in [0.1, 0.15) is 24.1 Å². The van der Waals surface area contributed by atoms with Crippen molar-refractivity contribution in [3.05, 3.63) is 58.6 Å². The van der Waals surface area contributed by atoms with Crippen LogP contribution in [-0.2, 0) is 10.0 Å². The van der Waals surface area contributed by atoms with E-state index in [1.165, 1.54) is 4.08 Å². The third-order valence-electron chi connectivity index (χ3n) is 3.65. The van der Waals surface area contributed by atoms with E-state index in [0.29, 0.717) is 16.3 Å². The molecule has 1 aliphatic rings. The van der Waals surface area contributed by atoms with Crippen LogP contribution in [0.2, 0.25) is 5.02 Å². The van der Waals surface area contributed by atoms with Crippen LogP contribution in [0.25, 0.3) is 0 Å². The minimum absolute atomic E-state index is 0.192. The number of hydrogen-bond acceptors (Lipinski definition) is 3. The standard InChI is InChI=1S/C15H14Cl2NO3PS/c1-10-3-6-13(7-4-10)23(19,20)18-11(2)14-9-12(16)5-8-15(14)21-22(18)17/h3-9,11H,1-2H3/t11-,22+/m1/s1. The molecule has 0 unspecified atom stereocenters. The van der Waals surface area contributed by atoms with Gasteiger partial charge in [0.15, 0.2) is 0 Å². The second-order valence-corrected chi connectivity index (χ2v) is 9.72. The molecule has 0 fully saturated rings. The molecular weight excluding hydrogens is 376 g/mol. The van der Waals surface area contributed by atoms with E-state index in [1.54, 1.807) is 49.4 Å². The van der Waals surface area contributed by atoms with Gasteiger partial charge in [-0.1, -0.05) is 29.3 Å². The summed E-state index contributed by atoms with van der Waals surface area (Å²) in [5.41, 5.74) is 1.68. The summed E-state index contributed by atoms with van der Waals surface area (Å²) in [6.07, 6.45) is 0. The van der Waals surface area contributed by atoms with Gasteiger partial charge in [-0.2, -0.15) is 0 Å². The molecule has 0 saturated carbocycles. The van der Waals surface area contributed by atoms with Crippen LogP contribution in [0.4, 0.5) is 0 Å². The van der Waals surface area contributed by atoms with E-state index in [0.717, 1.165) is 5.56 Å². The summed E-state index contributed by atoms with van der Waals surface area (Å²) < 4.78 is 32.8. The van der Waals surface area contributed by atoms with Gasteiger partial charge in [0.2, 0.25) is 0 Å². The average molecular weight is 390 g/mol. The summed E-state index contributed by atoms with van der Waals surface area (Å²) in [6, 6.07) is 11.3. The molecule has 0 radical (unpaired) electrons. The highest BCUT2D eigenvalue weighted by atomic mass is 35.7. The molecule has 122 valence electrons. The van der Waals surface area contributed by atoms with E-state index in [2.05, 4.69) is 0 Å². The summed E-state index contributed by atoms with van der Waals surface area (Å²) in [5, 5.41) is 0.521. The van der Waals surface area contributed by atoms with Crippen molar-refractivity contribution in [1.82, 2.24) is 4.08 Å². The van der Waals surface area contributed by atoms with E-state index in [9.17, 15) is 8.42 Å². The van der Waals surface area contributed by atoms with Crippen molar-refractivity contribution >= 4 is 40.5 Å². The molecule has 0 spiro atoms. The molecule has 1 aliphatic heterocycles. The van der Waals surface area contributed by atoms with Gasteiger partial charge in [-0.05, 0) is 55.4 Å². The first kappa shape index (κ1) is 17.0. The van der Waals surface area contributed by atoms with Gasteiger partial charge in [-0.15, -0.1) is 4.08 Å². The topological polar surface area (TPSA) is 46.6 Å². The van der Waals surface area contributed by atoms with Crippen LogP contribution in [0.5, 0.6) is 5.75 Å². The highest BCUT2D eigenvalue weighted by Gasteiger charge is 2.42. The van der Waals surface area contributed by atoms with Gasteiger partial charge in [0.1, 0.15) is 5.75 Å². The van der Waals surface area contributed by atoms with Gasteiger partial charge < -0.3 is 4.52 Å². The Morgan fingerprint density at radius 2 is 1.83 bits per heavy atom. The zero-order valence-corrected chi connectivity index (χ0v) is 15.6. The van der Waals surface area contributed by atoms with E-state index >= 15 is 0 Å². The smallest absolute Gasteiger partial charge is 0.281 e. The third-order valence-corrected chi connectivity index (χ3v) is 8.62. The molecule has 0 aliphatic carbocycles. The number of hydrogen-bond donors (Lipinski definition) is 0. The lowest BCUT2D eigenvalue weighted by atomic mass is 10.1. The number of aryl methyl sites for hydroxylation is 1. The lowest BCUT2D eigenvalue weighted by molar-refractivity contribution is 0.422. The second-order valence-electron chi connectivity index (χ2n) is 5.27. The van der Waals surface area contributed by atoms with E-state index in [4.69, 9.17) is 27.4 Å². The molecule has 0 aromatic heterocycles. The summed E-state index contributed by atoms with van der Waals surface area (Å²) in [6.45, 7) is 3.68. The molecule has 4 nitrogen and oxygen atoms in total. The van der Waals surface area contributed by atoms with Gasteiger partial charge in [-0.25, -0.2) is 8.42 Å². The van der Waals surface area contributed by atoms with Crippen LogP contribution in [-0.4, -0.2) is 12.5 Å². The molecule has 0 N–H and O–H groups in total. The number of benzene rings is 2. The fourth-order valence-electron chi connectivity index (χ4n) is 2.42. The molecule has 23 heavy (non-hydrogen) atoms. The molecular formula is C15H14Cl2NO3PS. The van der Waals surface area contributed by atoms with Crippen LogP contribution in [0.15, 0.2) is 47.4 Å². The number of fused-ring (bicyclic) bond motifs is 1. The zero-order chi connectivity index (χ0) is 16.8. The van der Waals surface area contributed by atoms with Crippen LogP contribution < -0.4 is 4.52 Å². The molecule has 2 aromatic carbocycles. The molecule has 0 bridgehead atoms. The van der Waals surface area contributed by atoms with Crippen molar-refractivity contribution in [3.8, 4) is 5.75 Å². The summed E-state index contributed by atoms with van der Waals surface area (Å²) in [7, 11) is -5.61. The second kappa shape index (κ2) is 6.23. The molecule has 8 heteroatoms. The lowest BCUT2D eigenvalue weighted by Gasteiger charge is -2.36. The Kier molecular flexibility index (Phi) is 4.60. The maximum absolute atomic E-state index is 13.0. The lowest BCUT2D eigenvalue weighted by Crippen LogP contribution is -2.32. The van der Waals surface area contributed by atoms with Crippen molar-refractivity contribution in [2.24, 2.45) is 0 Å². The van der Waals surface area contributed by atoms with E-state index in [1.807, 2.05) is 6.92 Å². The van der Waals surface area contributed by atoms with Crippen LogP contribution in [0, 0.1) is 6.92 Å². The molecule has 0 amide bonds. The van der Waals surface area contributed by atoms with Gasteiger partial charge in [-0.3, -0.25) is 0 Å². The molecule has 2 aromatic rings. The van der Waals surface area contributed by atoms with Crippen molar-refractivity contribution in [2.45, 2.75) is 24.8 Å². The van der Waals surface area contributed by atoms with E-state index in [-0.39, 0.29) is 4.90 Å². The monoisotopic (exact) mass is 389 g/mol. The average Bonchev–Trinajstić information content (AvgIpc) is 2.48. The normalized spacial score (nSPS) is 21.6. The summed E-state index contributed by atoms with van der Waals surface area (Å²) >= 11 is 12.3. The predicted octanol–water partition coefficient (Wildman–Crippen LogP) is 5.26. The first-order chi connectivity index (χ1) is 10.8. The highest BCUT2D eigenvalue weighted by Crippen LogP contribution is 2.59. The Labute approximate surface area is 146 Å². The van der Waals surface area contributed by atoms with Crippen LogP contribution in [0.3, 0.4) is 0 Å². The quantitative estimate of drug-likeness (QED) is 0.658. The first-order valence-corrected chi connectivity index (χ1v) is 10.8. The Hall–Kier alpha value is -0.840. The van der Waals surface area contributed by atoms with Gasteiger partial charge in [0.05, 0.1) is 10.9 Å². The maximum Gasteiger partial charge on any atom is 0.281 e. The maximum atomic E-state index is 13.0. The van der Waals surface area contributed by atoms with Crippen molar-refractivity contribution < 1.29 is 12.9 Å². The molecule has 0 saturated heterocycles. The highest BCUT2D eigenvalue weighted by molar-refractivity contribution is 7.98. The van der Waals surface area contributed by atoms with Gasteiger partial charge in [0, 0.05) is 10.6 Å². The van der Waals surface area contributed by atoms with Crippen molar-refractivity contribution in [1.29, 1.82) is 0 Å². The number of nitrogens with zero attached hydrogens (tertiary/aromatic N) is 1. The van der Waals surface area contributed by atoms with Crippen molar-refractivity contribution in [3.63, 3.8) is 0 Å². The Morgan fingerprint density at radius 1 is 1.17 bits per heavy atom. The SMILES string of the molecule is Cc1ccc(S(=O)(=O)N2[C@H](C)c3cc(Cl)ccc3O[P@@]2Cl)cc1. The van der Waals surface area contributed by atoms with Crippen LogP contribution >= 0.6 is 30.5 Å². The minimum Gasteiger partial charge on any atom is -0.444 e. The molecule has 3 rings (SSSR count). The minimum atomic E-state index is -3.77. The molecule has 1 heterocycles. The largest absolute Gasteiger partial charge is 0.444 e. The Morgan fingerprint density at radius 3 is 2.48 bits per heavy atom. The fourth-order valence-corrected chi connectivity index (χ4v) is 7.03. The van der Waals surface area contributed by atoms with Gasteiger partial charge >= 0.3 is 0 Å². The first-order valence-electron chi connectivity index (χ1n) is 6.85. The number of rotatable bonds is 2. The van der Waals surface area contributed by atoms with Crippen molar-refractivity contribution in [2.75, 3.05) is 0 Å². The molecule has 2 atom stereocenters. The Balaban J connectivity index is 2.07.